The SMILES string of the molecule is C=C(C)C1C(COCCOCCO)OC(O)C(O)C1O. The van der Waals surface area contributed by atoms with E-state index >= 15 is 0 Å². The summed E-state index contributed by atoms with van der Waals surface area (Å²) in [7, 11) is 0. The fourth-order valence-corrected chi connectivity index (χ4v) is 2.18. The minimum Gasteiger partial charge on any atom is -0.394 e. The summed E-state index contributed by atoms with van der Waals surface area (Å²) in [5, 5.41) is 37.6. The monoisotopic (exact) mass is 292 g/mol. The van der Waals surface area contributed by atoms with E-state index in [1.807, 2.05) is 0 Å². The van der Waals surface area contributed by atoms with Gasteiger partial charge >= 0.3 is 0 Å². The summed E-state index contributed by atoms with van der Waals surface area (Å²) in [6.45, 7) is 6.47. The molecule has 0 radical (unpaired) electrons. The van der Waals surface area contributed by atoms with Gasteiger partial charge in [-0.15, -0.1) is 0 Å². The molecule has 4 N–H and O–H groups in total. The Morgan fingerprint density at radius 1 is 1.10 bits per heavy atom. The summed E-state index contributed by atoms with van der Waals surface area (Å²) < 4.78 is 15.6. The molecular formula is C13H24O7. The number of aliphatic hydroxyl groups excluding tert-OH is 4. The number of hydrogen-bond donors (Lipinski definition) is 4. The number of ether oxygens (including phenoxy) is 3. The summed E-state index contributed by atoms with van der Waals surface area (Å²) in [6.07, 6.45) is -4.53. The van der Waals surface area contributed by atoms with Crippen LogP contribution in [0.4, 0.5) is 0 Å². The van der Waals surface area contributed by atoms with Crippen molar-refractivity contribution in [3.05, 3.63) is 12.2 Å². The Morgan fingerprint density at radius 3 is 2.35 bits per heavy atom. The average Bonchev–Trinajstić information content (AvgIpc) is 2.39. The van der Waals surface area contributed by atoms with Gasteiger partial charge in [-0.1, -0.05) is 12.2 Å². The normalized spacial score (nSPS) is 34.1. The molecule has 20 heavy (non-hydrogen) atoms. The molecule has 1 heterocycles. The summed E-state index contributed by atoms with van der Waals surface area (Å²) in [5.41, 5.74) is 0.647. The second kappa shape index (κ2) is 8.68. The quantitative estimate of drug-likeness (QED) is 0.323. The minimum absolute atomic E-state index is 0.0419. The van der Waals surface area contributed by atoms with Crippen molar-refractivity contribution < 1.29 is 34.6 Å². The van der Waals surface area contributed by atoms with E-state index in [1.54, 1.807) is 6.92 Å². The molecule has 0 saturated carbocycles. The first-order valence-corrected chi connectivity index (χ1v) is 6.60. The van der Waals surface area contributed by atoms with Gasteiger partial charge in [-0.2, -0.15) is 0 Å². The molecule has 0 bridgehead atoms. The highest BCUT2D eigenvalue weighted by Gasteiger charge is 2.44. The molecule has 5 unspecified atom stereocenters. The van der Waals surface area contributed by atoms with Crippen LogP contribution in [0.25, 0.3) is 0 Å². The van der Waals surface area contributed by atoms with E-state index in [-0.39, 0.29) is 19.8 Å². The second-order valence-corrected chi connectivity index (χ2v) is 4.83. The van der Waals surface area contributed by atoms with E-state index in [4.69, 9.17) is 19.3 Å². The van der Waals surface area contributed by atoms with Crippen molar-refractivity contribution in [3.8, 4) is 0 Å². The van der Waals surface area contributed by atoms with Crippen molar-refractivity contribution in [1.82, 2.24) is 0 Å². The molecule has 0 spiro atoms. The Morgan fingerprint density at radius 2 is 1.75 bits per heavy atom. The lowest BCUT2D eigenvalue weighted by atomic mass is 9.84. The van der Waals surface area contributed by atoms with Gasteiger partial charge in [0.1, 0.15) is 6.10 Å². The molecule has 5 atom stereocenters. The van der Waals surface area contributed by atoms with Crippen LogP contribution in [0.2, 0.25) is 0 Å². The smallest absolute Gasteiger partial charge is 0.183 e. The molecule has 0 aromatic rings. The highest BCUT2D eigenvalue weighted by atomic mass is 16.6. The predicted molar refractivity (Wildman–Crippen MR) is 69.9 cm³/mol. The van der Waals surface area contributed by atoms with Gasteiger partial charge in [-0.3, -0.25) is 0 Å². The Kier molecular flexibility index (Phi) is 7.60. The van der Waals surface area contributed by atoms with Crippen molar-refractivity contribution in [2.45, 2.75) is 31.5 Å². The third-order valence-electron chi connectivity index (χ3n) is 3.18. The molecule has 1 rings (SSSR count). The van der Waals surface area contributed by atoms with Crippen molar-refractivity contribution in [1.29, 1.82) is 0 Å². The van der Waals surface area contributed by atoms with Crippen LogP contribution in [0.1, 0.15) is 6.92 Å². The molecule has 1 aliphatic heterocycles. The molecule has 7 heteroatoms. The van der Waals surface area contributed by atoms with Crippen molar-refractivity contribution in [3.63, 3.8) is 0 Å². The standard InChI is InChI=1S/C13H24O7/c1-8(2)10-9(7-19-6-5-18-4-3-14)20-13(17)12(16)11(10)15/h9-17H,1,3-7H2,2H3. The number of rotatable bonds is 8. The van der Waals surface area contributed by atoms with Gasteiger partial charge in [0.25, 0.3) is 0 Å². The maximum Gasteiger partial charge on any atom is 0.183 e. The van der Waals surface area contributed by atoms with Crippen LogP contribution in [-0.2, 0) is 14.2 Å². The van der Waals surface area contributed by atoms with Gasteiger partial charge in [-0.25, -0.2) is 0 Å². The van der Waals surface area contributed by atoms with Crippen LogP contribution in [0.3, 0.4) is 0 Å². The van der Waals surface area contributed by atoms with E-state index in [0.29, 0.717) is 18.8 Å². The predicted octanol–water partition coefficient (Wildman–Crippen LogP) is -1.36. The van der Waals surface area contributed by atoms with E-state index < -0.39 is 30.5 Å². The van der Waals surface area contributed by atoms with E-state index in [0.717, 1.165) is 0 Å². The van der Waals surface area contributed by atoms with Crippen LogP contribution in [-0.4, -0.2) is 78.1 Å². The van der Waals surface area contributed by atoms with Crippen molar-refractivity contribution in [2.24, 2.45) is 5.92 Å². The highest BCUT2D eigenvalue weighted by Crippen LogP contribution is 2.30. The molecule has 0 amide bonds. The lowest BCUT2D eigenvalue weighted by molar-refractivity contribution is -0.270. The van der Waals surface area contributed by atoms with Crippen LogP contribution in [0.5, 0.6) is 0 Å². The number of aliphatic hydroxyl groups is 4. The Balaban J connectivity index is 2.42. The topological polar surface area (TPSA) is 109 Å². The molecule has 118 valence electrons. The fourth-order valence-electron chi connectivity index (χ4n) is 2.18. The lowest BCUT2D eigenvalue weighted by Crippen LogP contribution is -2.55. The van der Waals surface area contributed by atoms with Gasteiger partial charge in [0.15, 0.2) is 6.29 Å². The van der Waals surface area contributed by atoms with Gasteiger partial charge in [0, 0.05) is 5.92 Å². The first-order valence-electron chi connectivity index (χ1n) is 6.60. The van der Waals surface area contributed by atoms with Crippen molar-refractivity contribution in [2.75, 3.05) is 33.0 Å². The maximum atomic E-state index is 9.96. The molecule has 0 aliphatic carbocycles. The van der Waals surface area contributed by atoms with E-state index in [1.165, 1.54) is 0 Å². The Hall–Kier alpha value is -0.540. The molecule has 1 saturated heterocycles. The molecule has 0 aromatic heterocycles. The molecule has 0 aromatic carbocycles. The first kappa shape index (κ1) is 17.5. The summed E-state index contributed by atoms with van der Waals surface area (Å²) in [5.74, 6) is -0.508. The van der Waals surface area contributed by atoms with Crippen LogP contribution in [0.15, 0.2) is 12.2 Å². The highest BCUT2D eigenvalue weighted by molar-refractivity contribution is 5.07. The van der Waals surface area contributed by atoms with Gasteiger partial charge in [-0.05, 0) is 6.92 Å². The Bertz CT molecular complexity index is 296. The summed E-state index contributed by atoms with van der Waals surface area (Å²) >= 11 is 0. The zero-order valence-corrected chi connectivity index (χ0v) is 11.6. The maximum absolute atomic E-state index is 9.96. The summed E-state index contributed by atoms with van der Waals surface area (Å²) in [4.78, 5) is 0. The lowest BCUT2D eigenvalue weighted by Gasteiger charge is -2.41. The van der Waals surface area contributed by atoms with Crippen LogP contribution >= 0.6 is 0 Å². The van der Waals surface area contributed by atoms with E-state index in [9.17, 15) is 15.3 Å². The third kappa shape index (κ3) is 4.78. The number of hydrogen-bond acceptors (Lipinski definition) is 7. The van der Waals surface area contributed by atoms with Gasteiger partial charge in [0.05, 0.1) is 45.2 Å². The molecular weight excluding hydrogens is 268 g/mol. The molecule has 7 nitrogen and oxygen atoms in total. The minimum atomic E-state index is -1.44. The van der Waals surface area contributed by atoms with Gasteiger partial charge in [0.2, 0.25) is 0 Å². The van der Waals surface area contributed by atoms with Crippen LogP contribution < -0.4 is 0 Å². The average molecular weight is 292 g/mol. The van der Waals surface area contributed by atoms with E-state index in [2.05, 4.69) is 6.58 Å². The second-order valence-electron chi connectivity index (χ2n) is 4.83. The Labute approximate surface area is 118 Å². The zero-order chi connectivity index (χ0) is 15.1. The fraction of sp³-hybridized carbons (Fsp3) is 0.846. The molecule has 1 fully saturated rings. The van der Waals surface area contributed by atoms with Crippen molar-refractivity contribution >= 4 is 0 Å². The van der Waals surface area contributed by atoms with Crippen LogP contribution in [0, 0.1) is 5.92 Å². The zero-order valence-electron chi connectivity index (χ0n) is 11.6. The molecule has 1 aliphatic rings. The van der Waals surface area contributed by atoms with Gasteiger partial charge < -0.3 is 34.6 Å². The third-order valence-corrected chi connectivity index (χ3v) is 3.18. The largest absolute Gasteiger partial charge is 0.394 e. The summed E-state index contributed by atoms with van der Waals surface area (Å²) in [6, 6.07) is 0. The first-order chi connectivity index (χ1) is 9.49.